The van der Waals surface area contributed by atoms with Gasteiger partial charge in [0.05, 0.1) is 0 Å². The van der Waals surface area contributed by atoms with Crippen LogP contribution in [-0.4, -0.2) is 5.33 Å². The number of hydrogen-bond donors (Lipinski definition) is 0. The summed E-state index contributed by atoms with van der Waals surface area (Å²) in [5.41, 5.74) is 0.615. The monoisotopic (exact) mass is 190 g/mol. The molecule has 1 aliphatic rings. The molecule has 54 valence electrons. The Morgan fingerprint density at radius 1 is 1.44 bits per heavy atom. The lowest BCUT2D eigenvalue weighted by Crippen LogP contribution is -2.14. The Bertz CT molecular complexity index is 92.7. The van der Waals surface area contributed by atoms with Gasteiger partial charge in [-0.05, 0) is 30.6 Å². The number of rotatable bonds is 3. The van der Waals surface area contributed by atoms with Gasteiger partial charge in [-0.1, -0.05) is 29.8 Å². The predicted octanol–water partition coefficient (Wildman–Crippen LogP) is 3.21. The maximum Gasteiger partial charge on any atom is 0.00364 e. The van der Waals surface area contributed by atoms with E-state index in [2.05, 4.69) is 29.8 Å². The average molecular weight is 191 g/mol. The van der Waals surface area contributed by atoms with Crippen LogP contribution in [0.1, 0.15) is 33.1 Å². The molecule has 1 fully saturated rings. The van der Waals surface area contributed by atoms with E-state index < -0.39 is 0 Å². The zero-order valence-corrected chi connectivity index (χ0v) is 7.87. The van der Waals surface area contributed by atoms with Crippen LogP contribution in [0.2, 0.25) is 0 Å². The lowest BCUT2D eigenvalue weighted by atomic mass is 9.85. The number of hydrogen-bond acceptors (Lipinski definition) is 0. The van der Waals surface area contributed by atoms with Crippen molar-refractivity contribution in [2.45, 2.75) is 33.1 Å². The Kier molecular flexibility index (Phi) is 2.20. The zero-order chi connectivity index (χ0) is 6.91. The van der Waals surface area contributed by atoms with Crippen molar-refractivity contribution < 1.29 is 0 Å². The highest BCUT2D eigenvalue weighted by Gasteiger charge is 2.36. The molecule has 0 atom stereocenters. The fourth-order valence-electron chi connectivity index (χ4n) is 1.31. The zero-order valence-electron chi connectivity index (χ0n) is 6.28. The van der Waals surface area contributed by atoms with Crippen LogP contribution < -0.4 is 0 Å². The molecule has 1 saturated carbocycles. The summed E-state index contributed by atoms with van der Waals surface area (Å²) < 4.78 is 0. The molecule has 0 unspecified atom stereocenters. The molecular formula is C8H15Br. The molecule has 0 nitrogen and oxygen atoms in total. The summed E-state index contributed by atoms with van der Waals surface area (Å²) in [6, 6.07) is 0. The van der Waals surface area contributed by atoms with Gasteiger partial charge >= 0.3 is 0 Å². The molecule has 0 aromatic rings. The van der Waals surface area contributed by atoms with Gasteiger partial charge in [-0.25, -0.2) is 0 Å². The lowest BCUT2D eigenvalue weighted by molar-refractivity contribution is 0.301. The first-order valence-corrected chi connectivity index (χ1v) is 4.85. The maximum atomic E-state index is 3.48. The summed E-state index contributed by atoms with van der Waals surface area (Å²) >= 11 is 3.48. The second kappa shape index (κ2) is 2.61. The summed E-state index contributed by atoms with van der Waals surface area (Å²) in [6.07, 6.45) is 4.28. The van der Waals surface area contributed by atoms with Crippen LogP contribution in [0.25, 0.3) is 0 Å². The van der Waals surface area contributed by atoms with Crippen molar-refractivity contribution in [2.75, 3.05) is 5.33 Å². The quantitative estimate of drug-likeness (QED) is 0.601. The first-order valence-electron chi connectivity index (χ1n) is 3.73. The molecular weight excluding hydrogens is 176 g/mol. The Morgan fingerprint density at radius 2 is 2.00 bits per heavy atom. The van der Waals surface area contributed by atoms with Gasteiger partial charge < -0.3 is 0 Å². The summed E-state index contributed by atoms with van der Waals surface area (Å²) in [6.45, 7) is 4.76. The first kappa shape index (κ1) is 7.59. The van der Waals surface area contributed by atoms with Crippen molar-refractivity contribution >= 4 is 15.9 Å². The van der Waals surface area contributed by atoms with Crippen molar-refractivity contribution in [2.24, 2.45) is 11.3 Å². The van der Waals surface area contributed by atoms with Crippen LogP contribution in [0.5, 0.6) is 0 Å². The molecule has 0 spiro atoms. The standard InChI is InChI=1S/C8H15Br/c1-8(2,5-6-9)7-3-4-7/h7H,3-6H2,1-2H3. The average Bonchev–Trinajstić information content (AvgIpc) is 2.41. The van der Waals surface area contributed by atoms with Gasteiger partial charge in [-0.2, -0.15) is 0 Å². The third-order valence-electron chi connectivity index (χ3n) is 2.42. The minimum Gasteiger partial charge on any atom is -0.0928 e. The van der Waals surface area contributed by atoms with Gasteiger partial charge in [0.2, 0.25) is 0 Å². The molecule has 0 amide bonds. The van der Waals surface area contributed by atoms with Gasteiger partial charge in [0.25, 0.3) is 0 Å². The normalized spacial score (nSPS) is 20.3. The highest BCUT2D eigenvalue weighted by molar-refractivity contribution is 9.09. The van der Waals surface area contributed by atoms with Crippen LogP contribution in [0.4, 0.5) is 0 Å². The highest BCUT2D eigenvalue weighted by Crippen LogP contribution is 2.47. The Balaban J connectivity index is 2.30. The molecule has 0 bridgehead atoms. The largest absolute Gasteiger partial charge is 0.0928 e. The lowest BCUT2D eigenvalue weighted by Gasteiger charge is -2.22. The van der Waals surface area contributed by atoms with Crippen LogP contribution in [0.15, 0.2) is 0 Å². The topological polar surface area (TPSA) is 0 Å². The second-order valence-corrected chi connectivity index (χ2v) is 4.49. The molecule has 1 rings (SSSR count). The molecule has 1 aliphatic carbocycles. The SMILES string of the molecule is CC(C)(CCBr)C1CC1. The smallest absolute Gasteiger partial charge is 0.00364 e. The fraction of sp³-hybridized carbons (Fsp3) is 1.00. The van der Waals surface area contributed by atoms with E-state index in [0.717, 1.165) is 11.2 Å². The van der Waals surface area contributed by atoms with Crippen molar-refractivity contribution in [1.82, 2.24) is 0 Å². The van der Waals surface area contributed by atoms with Crippen LogP contribution >= 0.6 is 15.9 Å². The van der Waals surface area contributed by atoms with Crippen molar-refractivity contribution in [3.8, 4) is 0 Å². The molecule has 1 heteroatoms. The number of halogens is 1. The second-order valence-electron chi connectivity index (χ2n) is 3.70. The van der Waals surface area contributed by atoms with Crippen LogP contribution in [-0.2, 0) is 0 Å². The summed E-state index contributed by atoms with van der Waals surface area (Å²) in [5, 5.41) is 1.16. The molecule has 0 radical (unpaired) electrons. The molecule has 0 aromatic heterocycles. The van der Waals surface area contributed by atoms with E-state index in [1.807, 2.05) is 0 Å². The van der Waals surface area contributed by atoms with Gasteiger partial charge in [0.15, 0.2) is 0 Å². The van der Waals surface area contributed by atoms with E-state index >= 15 is 0 Å². The van der Waals surface area contributed by atoms with E-state index in [1.54, 1.807) is 0 Å². The van der Waals surface area contributed by atoms with E-state index in [-0.39, 0.29) is 0 Å². The van der Waals surface area contributed by atoms with E-state index in [1.165, 1.54) is 19.3 Å². The minimum atomic E-state index is 0.615. The maximum absolute atomic E-state index is 3.48. The van der Waals surface area contributed by atoms with Crippen molar-refractivity contribution in [3.05, 3.63) is 0 Å². The molecule has 0 N–H and O–H groups in total. The minimum absolute atomic E-state index is 0.615. The van der Waals surface area contributed by atoms with Gasteiger partial charge in [0.1, 0.15) is 0 Å². The predicted molar refractivity (Wildman–Crippen MR) is 44.9 cm³/mol. The highest BCUT2D eigenvalue weighted by atomic mass is 79.9. The Morgan fingerprint density at radius 3 is 2.33 bits per heavy atom. The first-order chi connectivity index (χ1) is 4.17. The summed E-state index contributed by atoms with van der Waals surface area (Å²) in [5.74, 6) is 1.04. The van der Waals surface area contributed by atoms with Crippen LogP contribution in [0, 0.1) is 11.3 Å². The molecule has 9 heavy (non-hydrogen) atoms. The molecule has 0 aliphatic heterocycles. The van der Waals surface area contributed by atoms with Crippen molar-refractivity contribution in [3.63, 3.8) is 0 Å². The molecule has 0 heterocycles. The van der Waals surface area contributed by atoms with Gasteiger partial charge in [-0.3, -0.25) is 0 Å². The third kappa shape index (κ3) is 1.96. The van der Waals surface area contributed by atoms with Gasteiger partial charge in [-0.15, -0.1) is 0 Å². The van der Waals surface area contributed by atoms with Gasteiger partial charge in [0, 0.05) is 5.33 Å². The fourth-order valence-corrected chi connectivity index (χ4v) is 2.33. The Hall–Kier alpha value is 0.480. The number of alkyl halides is 1. The Labute approximate surface area is 66.2 Å². The van der Waals surface area contributed by atoms with Crippen molar-refractivity contribution in [1.29, 1.82) is 0 Å². The van der Waals surface area contributed by atoms with E-state index in [0.29, 0.717) is 5.41 Å². The molecule has 0 saturated heterocycles. The summed E-state index contributed by atoms with van der Waals surface area (Å²) in [7, 11) is 0. The van der Waals surface area contributed by atoms with E-state index in [9.17, 15) is 0 Å². The van der Waals surface area contributed by atoms with Crippen LogP contribution in [0.3, 0.4) is 0 Å². The summed E-state index contributed by atoms with van der Waals surface area (Å²) in [4.78, 5) is 0. The molecule has 0 aromatic carbocycles. The third-order valence-corrected chi connectivity index (χ3v) is 2.82. The van der Waals surface area contributed by atoms with E-state index in [4.69, 9.17) is 0 Å².